The van der Waals surface area contributed by atoms with Crippen LogP contribution in [0.5, 0.6) is 5.75 Å². The molecule has 2 rings (SSSR count). The monoisotopic (exact) mass is 256 g/mol. The number of pyridine rings is 1. The predicted octanol–water partition coefficient (Wildman–Crippen LogP) is 3.09. The highest BCUT2D eigenvalue weighted by molar-refractivity contribution is 5.35. The summed E-state index contributed by atoms with van der Waals surface area (Å²) in [6.07, 6.45) is 2.73. The molecule has 0 spiro atoms. The molecule has 0 radical (unpaired) electrons. The number of rotatable bonds is 5. The Hall–Kier alpha value is -1.87. The lowest BCUT2D eigenvalue weighted by molar-refractivity contribution is 0.340. The van der Waals surface area contributed by atoms with Crippen LogP contribution in [0.2, 0.25) is 0 Å². The molecule has 3 nitrogen and oxygen atoms in total. The van der Waals surface area contributed by atoms with Gasteiger partial charge in [0.25, 0.3) is 0 Å². The Morgan fingerprint density at radius 3 is 2.53 bits per heavy atom. The molecule has 1 unspecified atom stereocenters. The number of hydrogen-bond donors (Lipinski definition) is 1. The Labute approximate surface area is 114 Å². The Bertz CT molecular complexity index is 523. The highest BCUT2D eigenvalue weighted by atomic mass is 16.5. The maximum atomic E-state index is 6.31. The van der Waals surface area contributed by atoms with Gasteiger partial charge in [-0.1, -0.05) is 25.1 Å². The lowest BCUT2D eigenvalue weighted by atomic mass is 9.99. The molecular weight excluding hydrogens is 236 g/mol. The van der Waals surface area contributed by atoms with Gasteiger partial charge in [-0.15, -0.1) is 0 Å². The van der Waals surface area contributed by atoms with Gasteiger partial charge in [-0.25, -0.2) is 0 Å². The van der Waals surface area contributed by atoms with Gasteiger partial charge in [-0.3, -0.25) is 4.98 Å². The summed E-state index contributed by atoms with van der Waals surface area (Å²) in [5, 5.41) is 0. The summed E-state index contributed by atoms with van der Waals surface area (Å²) < 4.78 is 5.43. The van der Waals surface area contributed by atoms with Crippen molar-refractivity contribution in [3.05, 3.63) is 59.4 Å². The lowest BCUT2D eigenvalue weighted by Crippen LogP contribution is -2.15. The van der Waals surface area contributed by atoms with Crippen molar-refractivity contribution in [2.75, 3.05) is 6.61 Å². The zero-order valence-corrected chi connectivity index (χ0v) is 11.5. The van der Waals surface area contributed by atoms with Crippen LogP contribution in [0.3, 0.4) is 0 Å². The van der Waals surface area contributed by atoms with Crippen molar-refractivity contribution in [3.8, 4) is 5.75 Å². The van der Waals surface area contributed by atoms with E-state index in [9.17, 15) is 0 Å². The summed E-state index contributed by atoms with van der Waals surface area (Å²) in [6.45, 7) is 4.76. The lowest BCUT2D eigenvalue weighted by Gasteiger charge is -2.15. The quantitative estimate of drug-likeness (QED) is 0.894. The van der Waals surface area contributed by atoms with Gasteiger partial charge < -0.3 is 10.5 Å². The van der Waals surface area contributed by atoms with Gasteiger partial charge in [0.05, 0.1) is 18.3 Å². The summed E-state index contributed by atoms with van der Waals surface area (Å²) in [6, 6.07) is 11.8. The highest BCUT2D eigenvalue weighted by Gasteiger charge is 2.13. The molecule has 0 aliphatic rings. The van der Waals surface area contributed by atoms with E-state index in [2.05, 4.69) is 18.0 Å². The fourth-order valence-corrected chi connectivity index (χ4v) is 2.13. The molecule has 1 aromatic heterocycles. The van der Waals surface area contributed by atoms with Crippen LogP contribution in [0.15, 0.2) is 42.6 Å². The van der Waals surface area contributed by atoms with Crippen LogP contribution < -0.4 is 10.5 Å². The summed E-state index contributed by atoms with van der Waals surface area (Å²) in [4.78, 5) is 4.43. The van der Waals surface area contributed by atoms with E-state index < -0.39 is 0 Å². The third kappa shape index (κ3) is 3.12. The second-order valence-electron chi connectivity index (χ2n) is 4.38. The number of nitrogens with zero attached hydrogens (tertiary/aromatic N) is 1. The number of benzene rings is 1. The Kier molecular flexibility index (Phi) is 4.53. The number of aryl methyl sites for hydroxylation is 1. The van der Waals surface area contributed by atoms with Crippen molar-refractivity contribution >= 4 is 0 Å². The van der Waals surface area contributed by atoms with Gasteiger partial charge in [-0.2, -0.15) is 0 Å². The maximum absolute atomic E-state index is 6.31. The minimum atomic E-state index is -0.188. The summed E-state index contributed by atoms with van der Waals surface area (Å²) >= 11 is 0. The Morgan fingerprint density at radius 1 is 1.16 bits per heavy atom. The predicted molar refractivity (Wildman–Crippen MR) is 77.3 cm³/mol. The minimum Gasteiger partial charge on any atom is -0.494 e. The molecule has 100 valence electrons. The molecule has 1 heterocycles. The molecule has 19 heavy (non-hydrogen) atoms. The number of hydrogen-bond acceptors (Lipinski definition) is 3. The second-order valence-corrected chi connectivity index (χ2v) is 4.38. The SMILES string of the molecule is CCOc1ccc(C(N)c2ncccc2CC)cc1. The van der Waals surface area contributed by atoms with Gasteiger partial charge in [0.1, 0.15) is 5.75 Å². The van der Waals surface area contributed by atoms with Crippen LogP contribution in [0.1, 0.15) is 36.7 Å². The van der Waals surface area contributed by atoms with Gasteiger partial charge in [-0.05, 0) is 42.7 Å². The number of nitrogens with two attached hydrogens (primary N) is 1. The van der Waals surface area contributed by atoms with Crippen molar-refractivity contribution in [1.82, 2.24) is 4.98 Å². The second kappa shape index (κ2) is 6.34. The first-order chi connectivity index (χ1) is 9.26. The summed E-state index contributed by atoms with van der Waals surface area (Å²) in [5.74, 6) is 0.871. The smallest absolute Gasteiger partial charge is 0.119 e. The maximum Gasteiger partial charge on any atom is 0.119 e. The van der Waals surface area contributed by atoms with E-state index in [0.29, 0.717) is 6.61 Å². The van der Waals surface area contributed by atoms with E-state index in [1.807, 2.05) is 37.3 Å². The summed E-state index contributed by atoms with van der Waals surface area (Å²) in [7, 11) is 0. The van der Waals surface area contributed by atoms with Crippen LogP contribution in [0.4, 0.5) is 0 Å². The molecule has 0 aliphatic carbocycles. The zero-order valence-electron chi connectivity index (χ0n) is 11.5. The first-order valence-electron chi connectivity index (χ1n) is 6.68. The molecule has 3 heteroatoms. The molecule has 1 atom stereocenters. The van der Waals surface area contributed by atoms with Crippen LogP contribution in [0, 0.1) is 0 Å². The topological polar surface area (TPSA) is 48.1 Å². The van der Waals surface area contributed by atoms with Crippen LogP contribution in [-0.2, 0) is 6.42 Å². The third-order valence-corrected chi connectivity index (χ3v) is 3.15. The first-order valence-corrected chi connectivity index (χ1v) is 6.68. The average molecular weight is 256 g/mol. The van der Waals surface area contributed by atoms with Crippen molar-refractivity contribution in [3.63, 3.8) is 0 Å². The Balaban J connectivity index is 2.25. The van der Waals surface area contributed by atoms with E-state index in [1.165, 1.54) is 5.56 Å². The molecule has 1 aromatic carbocycles. The third-order valence-electron chi connectivity index (χ3n) is 3.15. The molecular formula is C16H20N2O. The molecule has 0 saturated carbocycles. The molecule has 0 saturated heterocycles. The fourth-order valence-electron chi connectivity index (χ4n) is 2.13. The van der Waals surface area contributed by atoms with Crippen LogP contribution in [-0.4, -0.2) is 11.6 Å². The van der Waals surface area contributed by atoms with Crippen LogP contribution in [0.25, 0.3) is 0 Å². The van der Waals surface area contributed by atoms with Gasteiger partial charge in [0, 0.05) is 6.20 Å². The molecule has 0 amide bonds. The van der Waals surface area contributed by atoms with E-state index >= 15 is 0 Å². The number of aromatic nitrogens is 1. The molecule has 0 bridgehead atoms. The normalized spacial score (nSPS) is 12.2. The first kappa shape index (κ1) is 13.6. The highest BCUT2D eigenvalue weighted by Crippen LogP contribution is 2.23. The summed E-state index contributed by atoms with van der Waals surface area (Å²) in [5.41, 5.74) is 9.52. The number of ether oxygens (including phenoxy) is 1. The molecule has 2 N–H and O–H groups in total. The minimum absolute atomic E-state index is 0.188. The van der Waals surface area contributed by atoms with Crippen molar-refractivity contribution < 1.29 is 4.74 Å². The van der Waals surface area contributed by atoms with E-state index in [1.54, 1.807) is 6.20 Å². The van der Waals surface area contributed by atoms with Crippen molar-refractivity contribution in [1.29, 1.82) is 0 Å². The fraction of sp³-hybridized carbons (Fsp3) is 0.312. The largest absolute Gasteiger partial charge is 0.494 e. The van der Waals surface area contributed by atoms with E-state index in [-0.39, 0.29) is 6.04 Å². The van der Waals surface area contributed by atoms with Gasteiger partial charge in [0.2, 0.25) is 0 Å². The zero-order chi connectivity index (χ0) is 13.7. The molecule has 0 fully saturated rings. The van der Waals surface area contributed by atoms with Gasteiger partial charge in [0.15, 0.2) is 0 Å². The molecule has 0 aliphatic heterocycles. The van der Waals surface area contributed by atoms with Crippen LogP contribution >= 0.6 is 0 Å². The molecule has 2 aromatic rings. The van der Waals surface area contributed by atoms with Crippen molar-refractivity contribution in [2.45, 2.75) is 26.3 Å². The standard InChI is InChI=1S/C16H20N2O/c1-3-12-6-5-11-18-16(12)15(17)13-7-9-14(10-8-13)19-4-2/h5-11,15H,3-4,17H2,1-2H3. The van der Waals surface area contributed by atoms with E-state index in [4.69, 9.17) is 10.5 Å². The average Bonchev–Trinajstić information content (AvgIpc) is 2.47. The van der Waals surface area contributed by atoms with Crippen molar-refractivity contribution in [2.24, 2.45) is 5.73 Å². The van der Waals surface area contributed by atoms with Gasteiger partial charge >= 0.3 is 0 Å². The Morgan fingerprint density at radius 2 is 1.89 bits per heavy atom. The van der Waals surface area contributed by atoms with E-state index in [0.717, 1.165) is 23.4 Å².